The van der Waals surface area contributed by atoms with Gasteiger partial charge in [0.1, 0.15) is 18.1 Å². The van der Waals surface area contributed by atoms with Gasteiger partial charge in [0.2, 0.25) is 23.6 Å². The van der Waals surface area contributed by atoms with Crippen molar-refractivity contribution in [3.8, 4) is 0 Å². The van der Waals surface area contributed by atoms with Crippen molar-refractivity contribution < 1.29 is 39.3 Å². The molecule has 1 aromatic heterocycles. The monoisotopic (exact) mass is 485 g/mol. The molecule has 0 bridgehead atoms. The van der Waals surface area contributed by atoms with Crippen molar-refractivity contribution in [1.82, 2.24) is 25.9 Å². The minimum atomic E-state index is -1.68. The number of primary amides is 1. The van der Waals surface area contributed by atoms with Gasteiger partial charge in [0.25, 0.3) is 0 Å². The topological polar surface area (TPSA) is 263 Å². The number of aromatic nitrogens is 2. The number of imidazole rings is 1. The number of nitrogens with zero attached hydrogens (tertiary/aromatic N) is 1. The van der Waals surface area contributed by atoms with Crippen LogP contribution in [0.4, 0.5) is 0 Å². The SMILES string of the molecule is CC(O)C(N)C(=O)NC(Cc1cnc[nH]1)C(=O)NC(CCC(N)=O)C(=O)NC(C(=O)O)C(C)O. The Bertz CT molecular complexity index is 859. The number of aromatic amines is 1. The third-order valence-electron chi connectivity index (χ3n) is 4.79. The van der Waals surface area contributed by atoms with Gasteiger partial charge in [-0.1, -0.05) is 0 Å². The third-order valence-corrected chi connectivity index (χ3v) is 4.79. The summed E-state index contributed by atoms with van der Waals surface area (Å²) >= 11 is 0. The molecule has 1 rings (SSSR count). The van der Waals surface area contributed by atoms with E-state index in [-0.39, 0.29) is 19.3 Å². The second-order valence-electron chi connectivity index (χ2n) is 7.74. The molecular formula is C19H31N7O8. The average Bonchev–Trinajstić information content (AvgIpc) is 3.25. The Morgan fingerprint density at radius 2 is 1.59 bits per heavy atom. The van der Waals surface area contributed by atoms with Crippen molar-refractivity contribution in [3.63, 3.8) is 0 Å². The quantitative estimate of drug-likeness (QED) is 0.123. The normalized spacial score (nSPS) is 16.3. The summed E-state index contributed by atoms with van der Waals surface area (Å²) in [4.78, 5) is 67.1. The van der Waals surface area contributed by atoms with Crippen molar-refractivity contribution in [2.24, 2.45) is 11.5 Å². The lowest BCUT2D eigenvalue weighted by Crippen LogP contribution is -2.59. The first-order valence-corrected chi connectivity index (χ1v) is 10.3. The number of carbonyl (C=O) groups excluding carboxylic acids is 4. The van der Waals surface area contributed by atoms with Crippen molar-refractivity contribution in [2.45, 2.75) is 69.5 Å². The summed E-state index contributed by atoms with van der Waals surface area (Å²) < 4.78 is 0. The summed E-state index contributed by atoms with van der Waals surface area (Å²) in [5, 5.41) is 35.1. The number of carboxylic acid groups (broad SMARTS) is 1. The minimum absolute atomic E-state index is 0.0975. The summed E-state index contributed by atoms with van der Waals surface area (Å²) in [7, 11) is 0. The number of nitrogens with two attached hydrogens (primary N) is 2. The molecule has 15 heteroatoms. The Morgan fingerprint density at radius 1 is 1.00 bits per heavy atom. The van der Waals surface area contributed by atoms with E-state index in [9.17, 15) is 39.3 Å². The highest BCUT2D eigenvalue weighted by Crippen LogP contribution is 2.05. The lowest BCUT2D eigenvalue weighted by Gasteiger charge is -2.25. The van der Waals surface area contributed by atoms with Crippen LogP contribution in [0.2, 0.25) is 0 Å². The molecule has 0 aliphatic carbocycles. The van der Waals surface area contributed by atoms with E-state index in [1.54, 1.807) is 0 Å². The van der Waals surface area contributed by atoms with Crippen LogP contribution in [0.25, 0.3) is 0 Å². The molecule has 1 aromatic rings. The number of rotatable bonds is 14. The van der Waals surface area contributed by atoms with Crippen molar-refractivity contribution in [2.75, 3.05) is 0 Å². The van der Waals surface area contributed by atoms with E-state index in [2.05, 4.69) is 25.9 Å². The molecule has 0 radical (unpaired) electrons. The third kappa shape index (κ3) is 9.13. The Balaban J connectivity index is 3.09. The van der Waals surface area contributed by atoms with Crippen molar-refractivity contribution in [3.05, 3.63) is 18.2 Å². The van der Waals surface area contributed by atoms with Gasteiger partial charge in [0.05, 0.1) is 18.5 Å². The standard InChI is InChI=1S/C19H31N7O8/c1-8(27)14(21)18(32)25-12(5-10-6-22-7-23-10)17(31)24-11(3-4-13(20)29)16(30)26-15(9(2)28)19(33)34/h6-9,11-12,14-15,27-28H,3-5,21H2,1-2H3,(H2,20,29)(H,22,23)(H,24,31)(H,25,32)(H,26,30)(H,33,34). The maximum absolute atomic E-state index is 13.0. The molecule has 11 N–H and O–H groups in total. The smallest absolute Gasteiger partial charge is 0.328 e. The lowest BCUT2D eigenvalue weighted by molar-refractivity contribution is -0.145. The van der Waals surface area contributed by atoms with Gasteiger partial charge < -0.3 is 47.7 Å². The zero-order valence-electron chi connectivity index (χ0n) is 18.7. The molecule has 0 fully saturated rings. The van der Waals surface area contributed by atoms with E-state index in [1.165, 1.54) is 19.4 Å². The van der Waals surface area contributed by atoms with Gasteiger partial charge >= 0.3 is 5.97 Å². The molecule has 0 spiro atoms. The molecule has 4 amide bonds. The molecule has 6 unspecified atom stereocenters. The van der Waals surface area contributed by atoms with Crippen LogP contribution in [0.1, 0.15) is 32.4 Å². The van der Waals surface area contributed by atoms with Gasteiger partial charge in [-0.15, -0.1) is 0 Å². The molecule has 0 aliphatic rings. The van der Waals surface area contributed by atoms with Crippen LogP contribution in [0.15, 0.2) is 12.5 Å². The van der Waals surface area contributed by atoms with Crippen molar-refractivity contribution >= 4 is 29.6 Å². The van der Waals surface area contributed by atoms with E-state index in [4.69, 9.17) is 11.5 Å². The first kappa shape index (κ1) is 28.5. The van der Waals surface area contributed by atoms with Crippen LogP contribution in [0.5, 0.6) is 0 Å². The van der Waals surface area contributed by atoms with Gasteiger partial charge in [-0.05, 0) is 20.3 Å². The summed E-state index contributed by atoms with van der Waals surface area (Å²) in [6, 6.07) is -5.72. The molecule has 1 heterocycles. The van der Waals surface area contributed by atoms with Gasteiger partial charge in [-0.25, -0.2) is 9.78 Å². The van der Waals surface area contributed by atoms with Crippen LogP contribution >= 0.6 is 0 Å². The molecule has 0 saturated carbocycles. The Morgan fingerprint density at radius 3 is 2.06 bits per heavy atom. The lowest BCUT2D eigenvalue weighted by atomic mass is 10.1. The molecule has 0 saturated heterocycles. The summed E-state index contributed by atoms with van der Waals surface area (Å²) in [5.41, 5.74) is 11.2. The van der Waals surface area contributed by atoms with Gasteiger partial charge in [-0.2, -0.15) is 0 Å². The number of aliphatic carboxylic acids is 1. The molecular weight excluding hydrogens is 454 g/mol. The maximum Gasteiger partial charge on any atom is 0.328 e. The summed E-state index contributed by atoms with van der Waals surface area (Å²) in [6.07, 6.45) is -0.620. The van der Waals surface area contributed by atoms with E-state index in [0.29, 0.717) is 5.69 Å². The van der Waals surface area contributed by atoms with E-state index in [0.717, 1.165) is 6.92 Å². The Hall–Kier alpha value is -3.56. The van der Waals surface area contributed by atoms with Crippen LogP contribution in [0.3, 0.4) is 0 Å². The largest absolute Gasteiger partial charge is 0.480 e. The number of hydrogen-bond donors (Lipinski definition) is 9. The molecule has 0 aliphatic heterocycles. The zero-order valence-corrected chi connectivity index (χ0v) is 18.7. The molecule has 15 nitrogen and oxygen atoms in total. The average molecular weight is 485 g/mol. The molecule has 190 valence electrons. The number of nitrogens with one attached hydrogen (secondary N) is 4. The second kappa shape index (κ2) is 13.2. The minimum Gasteiger partial charge on any atom is -0.480 e. The van der Waals surface area contributed by atoms with Crippen LogP contribution < -0.4 is 27.4 Å². The predicted octanol–water partition coefficient (Wildman–Crippen LogP) is -4.15. The zero-order chi connectivity index (χ0) is 26.0. The van der Waals surface area contributed by atoms with Gasteiger partial charge in [0, 0.05) is 24.7 Å². The molecule has 34 heavy (non-hydrogen) atoms. The van der Waals surface area contributed by atoms with Crippen molar-refractivity contribution in [1.29, 1.82) is 0 Å². The fraction of sp³-hybridized carbons (Fsp3) is 0.579. The Kier molecular flexibility index (Phi) is 11.1. The van der Waals surface area contributed by atoms with E-state index < -0.39 is 66.0 Å². The molecule has 6 atom stereocenters. The number of carboxylic acids is 1. The number of carbonyl (C=O) groups is 5. The van der Waals surface area contributed by atoms with Crippen LogP contribution in [0, 0.1) is 0 Å². The maximum atomic E-state index is 13.0. The van der Waals surface area contributed by atoms with E-state index >= 15 is 0 Å². The highest BCUT2D eigenvalue weighted by atomic mass is 16.4. The number of H-pyrrole nitrogens is 1. The number of amides is 4. The molecule has 0 aromatic carbocycles. The number of aliphatic hydroxyl groups is 2. The van der Waals surface area contributed by atoms with Gasteiger partial charge in [0.15, 0.2) is 6.04 Å². The van der Waals surface area contributed by atoms with Crippen LogP contribution in [-0.4, -0.2) is 91.3 Å². The van der Waals surface area contributed by atoms with Gasteiger partial charge in [-0.3, -0.25) is 19.2 Å². The number of aliphatic hydroxyl groups excluding tert-OH is 2. The highest BCUT2D eigenvalue weighted by molar-refractivity contribution is 5.94. The summed E-state index contributed by atoms with van der Waals surface area (Å²) in [5.74, 6) is -4.99. The second-order valence-corrected chi connectivity index (χ2v) is 7.74. The highest BCUT2D eigenvalue weighted by Gasteiger charge is 2.32. The fourth-order valence-electron chi connectivity index (χ4n) is 2.78. The Labute approximate surface area is 194 Å². The first-order valence-electron chi connectivity index (χ1n) is 10.3. The summed E-state index contributed by atoms with van der Waals surface area (Å²) in [6.45, 7) is 2.44. The van der Waals surface area contributed by atoms with E-state index in [1.807, 2.05) is 0 Å². The predicted molar refractivity (Wildman–Crippen MR) is 115 cm³/mol. The number of hydrogen-bond acceptors (Lipinski definition) is 9. The fourth-order valence-corrected chi connectivity index (χ4v) is 2.78. The first-order chi connectivity index (χ1) is 15.8. The van der Waals surface area contributed by atoms with Crippen LogP contribution in [-0.2, 0) is 30.4 Å².